The van der Waals surface area contributed by atoms with Gasteiger partial charge in [-0.1, -0.05) is 68.4 Å². The molecule has 2 aliphatic carbocycles. The average molecular weight is 270 g/mol. The quantitative estimate of drug-likeness (QED) is 0.558. The lowest BCUT2D eigenvalue weighted by molar-refractivity contribution is 0.213. The van der Waals surface area contributed by atoms with Crippen molar-refractivity contribution < 1.29 is 0 Å². The van der Waals surface area contributed by atoms with Crippen LogP contribution in [-0.2, 0) is 0 Å². The molecule has 1 aromatic rings. The van der Waals surface area contributed by atoms with Crippen molar-refractivity contribution in [3.05, 3.63) is 35.4 Å². The van der Waals surface area contributed by atoms with Crippen LogP contribution in [0.1, 0.15) is 81.3 Å². The molecule has 0 aliphatic heterocycles. The van der Waals surface area contributed by atoms with Gasteiger partial charge in [0.1, 0.15) is 0 Å². The van der Waals surface area contributed by atoms with Crippen LogP contribution in [0.5, 0.6) is 0 Å². The molecule has 20 heavy (non-hydrogen) atoms. The Balaban J connectivity index is 1.54. The molecule has 0 bridgehead atoms. The molecule has 0 unspecified atom stereocenters. The molecule has 2 saturated carbocycles. The summed E-state index contributed by atoms with van der Waals surface area (Å²) in [7, 11) is 0. The van der Waals surface area contributed by atoms with E-state index in [-0.39, 0.29) is 0 Å². The molecule has 0 radical (unpaired) electrons. The largest absolute Gasteiger partial charge is 0.0590 e. The van der Waals surface area contributed by atoms with Crippen LogP contribution in [0.4, 0.5) is 0 Å². The van der Waals surface area contributed by atoms with Gasteiger partial charge in [0.2, 0.25) is 0 Å². The zero-order valence-electron chi connectivity index (χ0n) is 13.1. The first kappa shape index (κ1) is 14.2. The highest BCUT2D eigenvalue weighted by atomic mass is 14.3. The van der Waals surface area contributed by atoms with Gasteiger partial charge in [0.15, 0.2) is 0 Å². The number of rotatable bonds is 2. The van der Waals surface area contributed by atoms with Gasteiger partial charge in [-0.2, -0.15) is 0 Å². The molecule has 0 heteroatoms. The van der Waals surface area contributed by atoms with E-state index in [2.05, 4.69) is 31.2 Å². The Morgan fingerprint density at radius 2 is 1.20 bits per heavy atom. The molecule has 1 aromatic carbocycles. The number of hydrogen-bond acceptors (Lipinski definition) is 0. The molecular formula is C20H30. The number of hydrogen-bond donors (Lipinski definition) is 0. The molecule has 0 aromatic heterocycles. The van der Waals surface area contributed by atoms with E-state index < -0.39 is 0 Å². The molecule has 0 atom stereocenters. The van der Waals surface area contributed by atoms with Crippen molar-refractivity contribution in [1.82, 2.24) is 0 Å². The van der Waals surface area contributed by atoms with Crippen LogP contribution in [-0.4, -0.2) is 0 Å². The van der Waals surface area contributed by atoms with Gasteiger partial charge in [-0.05, 0) is 55.9 Å². The lowest BCUT2D eigenvalue weighted by Gasteiger charge is -2.34. The Hall–Kier alpha value is -0.780. The summed E-state index contributed by atoms with van der Waals surface area (Å²) >= 11 is 0. The van der Waals surface area contributed by atoms with Crippen molar-refractivity contribution in [2.24, 2.45) is 11.8 Å². The van der Waals surface area contributed by atoms with E-state index in [9.17, 15) is 0 Å². The second-order valence-corrected chi connectivity index (χ2v) is 7.27. The molecule has 110 valence electrons. The minimum atomic E-state index is 0.845. The predicted molar refractivity (Wildman–Crippen MR) is 87.1 cm³/mol. The van der Waals surface area contributed by atoms with Crippen LogP contribution < -0.4 is 0 Å². The smallest absolute Gasteiger partial charge is 0.0162 e. The van der Waals surface area contributed by atoms with Gasteiger partial charge in [0.25, 0.3) is 0 Å². The van der Waals surface area contributed by atoms with Gasteiger partial charge in [-0.15, -0.1) is 0 Å². The molecule has 0 amide bonds. The van der Waals surface area contributed by atoms with Gasteiger partial charge in [0, 0.05) is 0 Å². The van der Waals surface area contributed by atoms with E-state index in [4.69, 9.17) is 0 Å². The van der Waals surface area contributed by atoms with Crippen molar-refractivity contribution in [3.63, 3.8) is 0 Å². The van der Waals surface area contributed by atoms with Gasteiger partial charge < -0.3 is 0 Å². The Labute approximate surface area is 125 Å². The Morgan fingerprint density at radius 3 is 1.80 bits per heavy atom. The van der Waals surface area contributed by atoms with E-state index in [1.54, 1.807) is 5.56 Å². The van der Waals surface area contributed by atoms with Crippen molar-refractivity contribution in [1.29, 1.82) is 0 Å². The molecule has 0 heterocycles. The summed E-state index contributed by atoms with van der Waals surface area (Å²) in [6.45, 7) is 2.19. The molecule has 3 rings (SSSR count). The predicted octanol–water partition coefficient (Wildman–Crippen LogP) is 6.24. The molecule has 2 fully saturated rings. The maximum atomic E-state index is 2.37. The highest BCUT2D eigenvalue weighted by molar-refractivity contribution is 5.24. The van der Waals surface area contributed by atoms with Crippen molar-refractivity contribution in [2.75, 3.05) is 0 Å². The standard InChI is InChI=1S/C20H30/c1-16-8-10-18(11-9-16)20-14-12-19(13-15-20)17-6-4-2-3-5-7-17/h8-11,17,19-20H,2-7,12-15H2,1H3. The number of aryl methyl sites for hydroxylation is 1. The summed E-state index contributed by atoms with van der Waals surface area (Å²) in [5.41, 5.74) is 2.98. The molecule has 0 nitrogen and oxygen atoms in total. The topological polar surface area (TPSA) is 0 Å². The third kappa shape index (κ3) is 3.45. The Bertz CT molecular complexity index is 387. The van der Waals surface area contributed by atoms with Crippen LogP contribution >= 0.6 is 0 Å². The van der Waals surface area contributed by atoms with Gasteiger partial charge in [-0.3, -0.25) is 0 Å². The third-order valence-corrected chi connectivity index (χ3v) is 5.89. The zero-order valence-corrected chi connectivity index (χ0v) is 13.1. The monoisotopic (exact) mass is 270 g/mol. The summed E-state index contributed by atoms with van der Waals surface area (Å²) in [5, 5.41) is 0. The number of benzene rings is 1. The lowest BCUT2D eigenvalue weighted by Crippen LogP contribution is -2.21. The molecule has 0 N–H and O–H groups in total. The first-order valence-electron chi connectivity index (χ1n) is 8.89. The van der Waals surface area contributed by atoms with Crippen molar-refractivity contribution in [3.8, 4) is 0 Å². The maximum Gasteiger partial charge on any atom is -0.0162 e. The molecule has 2 aliphatic rings. The SMILES string of the molecule is Cc1ccc(C2CCC(C3CCCCCC3)CC2)cc1. The van der Waals surface area contributed by atoms with Crippen LogP contribution in [0.15, 0.2) is 24.3 Å². The second-order valence-electron chi connectivity index (χ2n) is 7.27. The fourth-order valence-corrected chi connectivity index (χ4v) is 4.54. The van der Waals surface area contributed by atoms with Crippen molar-refractivity contribution in [2.45, 2.75) is 77.0 Å². The summed E-state index contributed by atoms with van der Waals surface area (Å²) in [6.07, 6.45) is 14.9. The van der Waals surface area contributed by atoms with E-state index >= 15 is 0 Å². The Morgan fingerprint density at radius 1 is 0.650 bits per heavy atom. The minimum Gasteiger partial charge on any atom is -0.0590 e. The zero-order chi connectivity index (χ0) is 13.8. The third-order valence-electron chi connectivity index (χ3n) is 5.89. The van der Waals surface area contributed by atoms with E-state index in [1.807, 2.05) is 0 Å². The maximum absolute atomic E-state index is 2.37. The first-order chi connectivity index (χ1) is 9.83. The molecule has 0 saturated heterocycles. The first-order valence-corrected chi connectivity index (χ1v) is 8.89. The fourth-order valence-electron chi connectivity index (χ4n) is 4.54. The molecular weight excluding hydrogens is 240 g/mol. The second kappa shape index (κ2) is 6.78. The summed E-state index contributed by atoms with van der Waals surface area (Å²) in [4.78, 5) is 0. The van der Waals surface area contributed by atoms with Crippen LogP contribution in [0.2, 0.25) is 0 Å². The van der Waals surface area contributed by atoms with Gasteiger partial charge in [-0.25, -0.2) is 0 Å². The summed E-state index contributed by atoms with van der Waals surface area (Å²) < 4.78 is 0. The normalized spacial score (nSPS) is 29.1. The lowest BCUT2D eigenvalue weighted by atomic mass is 9.72. The van der Waals surface area contributed by atoms with E-state index in [0.29, 0.717) is 0 Å². The Kier molecular flexibility index (Phi) is 4.81. The summed E-state index contributed by atoms with van der Waals surface area (Å²) in [5.74, 6) is 2.96. The highest BCUT2D eigenvalue weighted by Gasteiger charge is 2.28. The highest BCUT2D eigenvalue weighted by Crippen LogP contribution is 2.42. The van der Waals surface area contributed by atoms with E-state index in [0.717, 1.165) is 17.8 Å². The molecule has 0 spiro atoms. The van der Waals surface area contributed by atoms with Gasteiger partial charge >= 0.3 is 0 Å². The fraction of sp³-hybridized carbons (Fsp3) is 0.700. The van der Waals surface area contributed by atoms with Crippen LogP contribution in [0, 0.1) is 18.8 Å². The summed E-state index contributed by atoms with van der Waals surface area (Å²) in [6, 6.07) is 9.30. The van der Waals surface area contributed by atoms with Crippen LogP contribution in [0.3, 0.4) is 0 Å². The van der Waals surface area contributed by atoms with Crippen LogP contribution in [0.25, 0.3) is 0 Å². The minimum absolute atomic E-state index is 0.845. The van der Waals surface area contributed by atoms with Gasteiger partial charge in [0.05, 0.1) is 0 Å². The average Bonchev–Trinajstić information content (AvgIpc) is 2.77. The van der Waals surface area contributed by atoms with E-state index in [1.165, 1.54) is 69.8 Å². The van der Waals surface area contributed by atoms with Crippen molar-refractivity contribution >= 4 is 0 Å².